The van der Waals surface area contributed by atoms with Gasteiger partial charge in [-0.3, -0.25) is 4.79 Å². The van der Waals surface area contributed by atoms with Crippen molar-refractivity contribution in [3.63, 3.8) is 0 Å². The predicted octanol–water partition coefficient (Wildman–Crippen LogP) is 6.01. The van der Waals surface area contributed by atoms with Gasteiger partial charge in [-0.15, -0.1) is 5.11 Å². The Bertz CT molecular complexity index is 1140. The average Bonchev–Trinajstić information content (AvgIpc) is 2.62. The fraction of sp³-hybridized carbons (Fsp3) is 0.0952. The van der Waals surface area contributed by atoms with Crippen LogP contribution in [-0.2, 0) is 4.79 Å². The zero-order chi connectivity index (χ0) is 20.4. The van der Waals surface area contributed by atoms with Crippen LogP contribution in [-0.4, -0.2) is 11.0 Å². The number of benzene rings is 3. The van der Waals surface area contributed by atoms with E-state index in [1.165, 1.54) is 0 Å². The summed E-state index contributed by atoms with van der Waals surface area (Å²) in [6, 6.07) is 12.5. The van der Waals surface area contributed by atoms with Crippen LogP contribution in [0.1, 0.15) is 11.1 Å². The van der Waals surface area contributed by atoms with Crippen LogP contribution in [0.3, 0.4) is 0 Å². The minimum atomic E-state index is -0.317. The van der Waals surface area contributed by atoms with E-state index in [9.17, 15) is 9.90 Å². The van der Waals surface area contributed by atoms with Gasteiger partial charge in [-0.2, -0.15) is 5.11 Å². The van der Waals surface area contributed by atoms with Gasteiger partial charge >= 0.3 is 0 Å². The molecular formula is C21H19BrN4O2. The van der Waals surface area contributed by atoms with Crippen LogP contribution in [0.15, 0.2) is 63.8 Å². The molecule has 1 amide bonds. The molecule has 3 rings (SSSR count). The van der Waals surface area contributed by atoms with Crippen LogP contribution in [0.25, 0.3) is 10.8 Å². The minimum Gasteiger partial charge on any atom is -0.507 e. The second-order valence-electron chi connectivity index (χ2n) is 6.45. The third kappa shape index (κ3) is 4.04. The molecule has 4 N–H and O–H groups in total. The third-order valence-electron chi connectivity index (χ3n) is 4.20. The Kier molecular flexibility index (Phi) is 5.46. The number of aryl methyl sites for hydroxylation is 2. The Morgan fingerprint density at radius 3 is 2.57 bits per heavy atom. The summed E-state index contributed by atoms with van der Waals surface area (Å²) in [5.41, 5.74) is 9.93. The van der Waals surface area contributed by atoms with Crippen LogP contribution >= 0.6 is 15.9 Å². The highest BCUT2D eigenvalue weighted by Gasteiger charge is 2.11. The number of fused-ring (bicyclic) bond motifs is 1. The van der Waals surface area contributed by atoms with Gasteiger partial charge in [-0.25, -0.2) is 0 Å². The van der Waals surface area contributed by atoms with Gasteiger partial charge in [0, 0.05) is 5.69 Å². The van der Waals surface area contributed by atoms with E-state index in [4.69, 9.17) is 5.73 Å². The molecule has 0 aliphatic heterocycles. The lowest BCUT2D eigenvalue weighted by atomic mass is 10.0. The number of halogens is 1. The van der Waals surface area contributed by atoms with E-state index in [0.717, 1.165) is 16.5 Å². The Hall–Kier alpha value is -3.19. The summed E-state index contributed by atoms with van der Waals surface area (Å²) in [6.07, 6.45) is 0. The summed E-state index contributed by atoms with van der Waals surface area (Å²) in [5, 5.41) is 23.1. The minimum absolute atomic E-state index is 0.112. The number of nitrogens with two attached hydrogens (primary N) is 1. The maximum absolute atomic E-state index is 11.7. The number of amides is 1. The molecule has 0 radical (unpaired) electrons. The number of rotatable bonds is 4. The number of nitrogen functional groups attached to an aromatic ring is 1. The molecule has 0 atom stereocenters. The smallest absolute Gasteiger partial charge is 0.262 e. The molecule has 6 nitrogen and oxygen atoms in total. The summed E-state index contributed by atoms with van der Waals surface area (Å²) in [5.74, 6) is -0.205. The zero-order valence-corrected chi connectivity index (χ0v) is 17.0. The number of nitrogens with one attached hydrogen (secondary N) is 1. The lowest BCUT2D eigenvalue weighted by Crippen LogP contribution is -2.10. The molecule has 0 aromatic heterocycles. The van der Waals surface area contributed by atoms with Gasteiger partial charge in [-0.05, 0) is 76.6 Å². The van der Waals surface area contributed by atoms with Crippen molar-refractivity contribution < 1.29 is 9.90 Å². The first kappa shape index (κ1) is 19.6. The van der Waals surface area contributed by atoms with E-state index in [0.29, 0.717) is 28.1 Å². The number of anilines is 2. The van der Waals surface area contributed by atoms with Gasteiger partial charge in [0.2, 0.25) is 0 Å². The topological polar surface area (TPSA) is 100 Å². The van der Waals surface area contributed by atoms with Crippen molar-refractivity contribution in [3.05, 3.63) is 64.7 Å². The number of hydrogen-bond donors (Lipinski definition) is 3. The quantitative estimate of drug-likeness (QED) is 0.264. The fourth-order valence-electron chi connectivity index (χ4n) is 2.84. The zero-order valence-electron chi connectivity index (χ0n) is 15.5. The Labute approximate surface area is 170 Å². The highest BCUT2D eigenvalue weighted by atomic mass is 79.9. The summed E-state index contributed by atoms with van der Waals surface area (Å²) in [7, 11) is 0. The van der Waals surface area contributed by atoms with Crippen molar-refractivity contribution in [1.29, 1.82) is 0 Å². The molecule has 0 heterocycles. The highest BCUT2D eigenvalue weighted by molar-refractivity contribution is 9.12. The standard InChI is InChI=1S/C21H19BrN4O2/c1-11-8-14-4-6-16(23)20(19(14)18(27)9-11)26-25-17-7-5-15(10-12(17)2)24-21(28)13(3)22/h4-10,27H,3,23H2,1-2H3,(H,24,28). The van der Waals surface area contributed by atoms with Crippen molar-refractivity contribution in [2.24, 2.45) is 10.2 Å². The molecular weight excluding hydrogens is 420 g/mol. The molecule has 0 saturated heterocycles. The number of azo groups is 1. The molecule has 0 bridgehead atoms. The van der Waals surface area contributed by atoms with Gasteiger partial charge in [-0.1, -0.05) is 18.7 Å². The van der Waals surface area contributed by atoms with Crippen molar-refractivity contribution >= 4 is 55.4 Å². The van der Waals surface area contributed by atoms with E-state index < -0.39 is 0 Å². The second-order valence-corrected chi connectivity index (χ2v) is 7.40. The molecule has 0 saturated carbocycles. The normalized spacial score (nSPS) is 11.1. The number of carbonyl (C=O) groups is 1. The molecule has 3 aromatic carbocycles. The van der Waals surface area contributed by atoms with E-state index >= 15 is 0 Å². The lowest BCUT2D eigenvalue weighted by molar-refractivity contribution is -0.112. The Morgan fingerprint density at radius 1 is 1.14 bits per heavy atom. The largest absolute Gasteiger partial charge is 0.507 e. The first-order chi connectivity index (χ1) is 13.3. The highest BCUT2D eigenvalue weighted by Crippen LogP contribution is 2.39. The Balaban J connectivity index is 1.97. The average molecular weight is 439 g/mol. The SMILES string of the molecule is C=C(Br)C(=O)Nc1ccc(N=Nc2c(N)ccc3cc(C)cc(O)c23)c(C)c1. The molecule has 3 aromatic rings. The second kappa shape index (κ2) is 7.82. The van der Waals surface area contributed by atoms with E-state index in [-0.39, 0.29) is 16.1 Å². The molecule has 28 heavy (non-hydrogen) atoms. The van der Waals surface area contributed by atoms with Gasteiger partial charge in [0.25, 0.3) is 5.91 Å². The van der Waals surface area contributed by atoms with E-state index in [1.807, 2.05) is 26.0 Å². The molecule has 0 spiro atoms. The maximum Gasteiger partial charge on any atom is 0.262 e. The number of aromatic hydroxyl groups is 1. The molecule has 0 aliphatic carbocycles. The summed E-state index contributed by atoms with van der Waals surface area (Å²) >= 11 is 3.05. The maximum atomic E-state index is 11.7. The van der Waals surface area contributed by atoms with Crippen molar-refractivity contribution in [1.82, 2.24) is 0 Å². The lowest BCUT2D eigenvalue weighted by Gasteiger charge is -2.09. The third-order valence-corrected chi connectivity index (χ3v) is 4.56. The monoisotopic (exact) mass is 438 g/mol. The Morgan fingerprint density at radius 2 is 1.89 bits per heavy atom. The summed E-state index contributed by atoms with van der Waals surface area (Å²) in [6.45, 7) is 7.31. The predicted molar refractivity (Wildman–Crippen MR) is 117 cm³/mol. The molecule has 0 aliphatic rings. The molecule has 0 unspecified atom stereocenters. The van der Waals surface area contributed by atoms with Crippen LogP contribution in [0, 0.1) is 13.8 Å². The van der Waals surface area contributed by atoms with Gasteiger partial charge in [0.1, 0.15) is 11.4 Å². The number of phenols is 1. The summed E-state index contributed by atoms with van der Waals surface area (Å²) < 4.78 is 0.246. The van der Waals surface area contributed by atoms with Crippen molar-refractivity contribution in [2.45, 2.75) is 13.8 Å². The fourth-order valence-corrected chi connectivity index (χ4v) is 2.94. The van der Waals surface area contributed by atoms with E-state index in [1.54, 1.807) is 30.3 Å². The van der Waals surface area contributed by atoms with Crippen LogP contribution < -0.4 is 11.1 Å². The molecule has 0 fully saturated rings. The first-order valence-electron chi connectivity index (χ1n) is 8.46. The molecule has 142 valence electrons. The van der Waals surface area contributed by atoms with Crippen molar-refractivity contribution in [3.8, 4) is 5.75 Å². The van der Waals surface area contributed by atoms with Crippen molar-refractivity contribution in [2.75, 3.05) is 11.1 Å². The number of phenolic OH excluding ortho intramolecular Hbond substituents is 1. The van der Waals surface area contributed by atoms with Crippen LogP contribution in [0.2, 0.25) is 0 Å². The van der Waals surface area contributed by atoms with Gasteiger partial charge in [0.15, 0.2) is 0 Å². The summed E-state index contributed by atoms with van der Waals surface area (Å²) in [4.78, 5) is 11.7. The van der Waals surface area contributed by atoms with E-state index in [2.05, 4.69) is 38.1 Å². The van der Waals surface area contributed by atoms with Gasteiger partial charge < -0.3 is 16.2 Å². The van der Waals surface area contributed by atoms with Crippen LogP contribution in [0.5, 0.6) is 5.75 Å². The first-order valence-corrected chi connectivity index (χ1v) is 9.25. The molecule has 7 heteroatoms. The number of nitrogens with zero attached hydrogens (tertiary/aromatic N) is 2. The number of carbonyl (C=O) groups excluding carboxylic acids is 1. The van der Waals surface area contributed by atoms with Crippen LogP contribution in [0.4, 0.5) is 22.7 Å². The van der Waals surface area contributed by atoms with Gasteiger partial charge in [0.05, 0.1) is 21.2 Å². The number of hydrogen-bond acceptors (Lipinski definition) is 5.